The summed E-state index contributed by atoms with van der Waals surface area (Å²) >= 11 is 0. The van der Waals surface area contributed by atoms with Crippen LogP contribution in [0.5, 0.6) is 0 Å². The number of urea groups is 1. The molecular weight excluding hydrogens is 352 g/mol. The Balaban J connectivity index is 1.41. The fourth-order valence-electron chi connectivity index (χ4n) is 2.59. The quantitative estimate of drug-likeness (QED) is 0.604. The van der Waals surface area contributed by atoms with E-state index < -0.39 is 0 Å². The summed E-state index contributed by atoms with van der Waals surface area (Å²) in [5, 5.41) is 8.12. The summed E-state index contributed by atoms with van der Waals surface area (Å²) in [6, 6.07) is 20.9. The molecule has 142 valence electrons. The van der Waals surface area contributed by atoms with E-state index >= 15 is 0 Å². The fraction of sp³-hybridized carbons (Fsp3) is 0.136. The monoisotopic (exact) mass is 374 g/mol. The normalized spacial score (nSPS) is 10.2. The second-order valence-electron chi connectivity index (χ2n) is 6.34. The number of hydrogen-bond acceptors (Lipinski definition) is 3. The molecular formula is C22H22N4O2. The standard InChI is InChI=1S/C22H22N4O2/c1-16-7-12-20(24-15-16)26-21(27)13-14-23-22(28)25-19-10-8-18(9-11-19)17-5-3-2-4-6-17/h2-12,15H,13-14H2,1H3,(H2,23,25,28)(H,24,26,27). The average molecular weight is 374 g/mol. The molecule has 0 fully saturated rings. The van der Waals surface area contributed by atoms with Crippen LogP contribution >= 0.6 is 0 Å². The SMILES string of the molecule is Cc1ccc(NC(=O)CCNC(=O)Nc2ccc(-c3ccccc3)cc2)nc1. The number of aromatic nitrogens is 1. The number of anilines is 2. The van der Waals surface area contributed by atoms with Crippen LogP contribution in [-0.4, -0.2) is 23.5 Å². The van der Waals surface area contributed by atoms with Crippen LogP contribution in [-0.2, 0) is 4.79 Å². The number of benzene rings is 2. The molecule has 0 aliphatic rings. The minimum absolute atomic E-state index is 0.163. The lowest BCUT2D eigenvalue weighted by Gasteiger charge is -2.09. The highest BCUT2D eigenvalue weighted by molar-refractivity contribution is 5.92. The molecule has 6 nitrogen and oxygen atoms in total. The van der Waals surface area contributed by atoms with Gasteiger partial charge in [0, 0.05) is 24.8 Å². The smallest absolute Gasteiger partial charge is 0.319 e. The predicted molar refractivity (Wildman–Crippen MR) is 111 cm³/mol. The molecule has 0 bridgehead atoms. The molecule has 1 aromatic heterocycles. The van der Waals surface area contributed by atoms with Crippen molar-refractivity contribution in [1.29, 1.82) is 0 Å². The number of nitrogens with zero attached hydrogens (tertiary/aromatic N) is 1. The maximum absolute atomic E-state index is 12.0. The van der Waals surface area contributed by atoms with Gasteiger partial charge in [0.15, 0.2) is 0 Å². The molecule has 0 radical (unpaired) electrons. The molecule has 0 spiro atoms. The van der Waals surface area contributed by atoms with Crippen molar-refractivity contribution in [3.05, 3.63) is 78.5 Å². The van der Waals surface area contributed by atoms with Gasteiger partial charge in [-0.1, -0.05) is 48.5 Å². The summed E-state index contributed by atoms with van der Waals surface area (Å²) in [4.78, 5) is 28.0. The molecule has 28 heavy (non-hydrogen) atoms. The zero-order chi connectivity index (χ0) is 19.8. The van der Waals surface area contributed by atoms with Gasteiger partial charge in [-0.2, -0.15) is 0 Å². The summed E-state index contributed by atoms with van der Waals surface area (Å²) in [7, 11) is 0. The summed E-state index contributed by atoms with van der Waals surface area (Å²) in [5.41, 5.74) is 3.90. The largest absolute Gasteiger partial charge is 0.337 e. The van der Waals surface area contributed by atoms with E-state index in [9.17, 15) is 9.59 Å². The van der Waals surface area contributed by atoms with Gasteiger partial charge in [-0.25, -0.2) is 9.78 Å². The third-order valence-corrected chi connectivity index (χ3v) is 4.07. The number of nitrogens with one attached hydrogen (secondary N) is 3. The van der Waals surface area contributed by atoms with Crippen LogP contribution in [0.15, 0.2) is 72.9 Å². The zero-order valence-electron chi connectivity index (χ0n) is 15.6. The Bertz CT molecular complexity index is 923. The van der Waals surface area contributed by atoms with E-state index in [1.807, 2.05) is 67.6 Å². The number of aryl methyl sites for hydroxylation is 1. The third kappa shape index (κ3) is 5.67. The summed E-state index contributed by atoms with van der Waals surface area (Å²) < 4.78 is 0. The van der Waals surface area contributed by atoms with Gasteiger partial charge in [0.1, 0.15) is 5.82 Å². The average Bonchev–Trinajstić information content (AvgIpc) is 2.71. The van der Waals surface area contributed by atoms with Gasteiger partial charge in [-0.15, -0.1) is 0 Å². The van der Waals surface area contributed by atoms with Crippen LogP contribution in [0.1, 0.15) is 12.0 Å². The predicted octanol–water partition coefficient (Wildman–Crippen LogP) is 4.21. The Morgan fingerprint density at radius 3 is 2.25 bits per heavy atom. The van der Waals surface area contributed by atoms with Crippen molar-refractivity contribution in [2.75, 3.05) is 17.2 Å². The fourth-order valence-corrected chi connectivity index (χ4v) is 2.59. The maximum Gasteiger partial charge on any atom is 0.319 e. The second-order valence-corrected chi connectivity index (χ2v) is 6.34. The zero-order valence-corrected chi connectivity index (χ0v) is 15.6. The van der Waals surface area contributed by atoms with Crippen molar-refractivity contribution in [2.24, 2.45) is 0 Å². The number of rotatable bonds is 6. The molecule has 0 saturated heterocycles. The summed E-state index contributed by atoms with van der Waals surface area (Å²) in [6.07, 6.45) is 1.85. The molecule has 0 aliphatic carbocycles. The van der Waals surface area contributed by atoms with E-state index in [4.69, 9.17) is 0 Å². The van der Waals surface area contributed by atoms with Crippen molar-refractivity contribution in [2.45, 2.75) is 13.3 Å². The van der Waals surface area contributed by atoms with Crippen molar-refractivity contribution >= 4 is 23.4 Å². The van der Waals surface area contributed by atoms with Gasteiger partial charge in [0.05, 0.1) is 0 Å². The lowest BCUT2D eigenvalue weighted by atomic mass is 10.1. The molecule has 6 heteroatoms. The number of hydrogen-bond donors (Lipinski definition) is 3. The molecule has 3 rings (SSSR count). The van der Waals surface area contributed by atoms with Crippen LogP contribution < -0.4 is 16.0 Å². The van der Waals surface area contributed by atoms with Crippen LogP contribution in [0, 0.1) is 6.92 Å². The molecule has 3 N–H and O–H groups in total. The Hall–Kier alpha value is -3.67. The molecule has 1 heterocycles. The van der Waals surface area contributed by atoms with Crippen LogP contribution in [0.4, 0.5) is 16.3 Å². The molecule has 0 unspecified atom stereocenters. The van der Waals surface area contributed by atoms with E-state index in [1.54, 1.807) is 12.3 Å². The Morgan fingerprint density at radius 2 is 1.57 bits per heavy atom. The molecule has 2 aromatic carbocycles. The lowest BCUT2D eigenvalue weighted by molar-refractivity contribution is -0.116. The van der Waals surface area contributed by atoms with Crippen molar-refractivity contribution in [1.82, 2.24) is 10.3 Å². The third-order valence-electron chi connectivity index (χ3n) is 4.07. The van der Waals surface area contributed by atoms with Gasteiger partial charge in [0.2, 0.25) is 5.91 Å². The minimum Gasteiger partial charge on any atom is -0.337 e. The van der Waals surface area contributed by atoms with E-state index in [0.29, 0.717) is 11.5 Å². The Labute approximate surface area is 164 Å². The molecule has 3 aromatic rings. The van der Waals surface area contributed by atoms with Gasteiger partial charge >= 0.3 is 6.03 Å². The van der Waals surface area contributed by atoms with Gasteiger partial charge in [0.25, 0.3) is 0 Å². The van der Waals surface area contributed by atoms with Crippen LogP contribution in [0.3, 0.4) is 0 Å². The summed E-state index contributed by atoms with van der Waals surface area (Å²) in [6.45, 7) is 2.15. The first kappa shape index (κ1) is 19.1. The van der Waals surface area contributed by atoms with Crippen LogP contribution in [0.25, 0.3) is 11.1 Å². The van der Waals surface area contributed by atoms with Gasteiger partial charge < -0.3 is 16.0 Å². The molecule has 3 amide bonds. The molecule has 0 saturated carbocycles. The first-order valence-electron chi connectivity index (χ1n) is 9.03. The van der Waals surface area contributed by atoms with Crippen molar-refractivity contribution in [3.63, 3.8) is 0 Å². The van der Waals surface area contributed by atoms with E-state index in [1.165, 1.54) is 0 Å². The number of amides is 3. The molecule has 0 atom stereocenters. The highest BCUT2D eigenvalue weighted by Crippen LogP contribution is 2.20. The number of pyridine rings is 1. The van der Waals surface area contributed by atoms with Crippen molar-refractivity contribution < 1.29 is 9.59 Å². The first-order valence-corrected chi connectivity index (χ1v) is 9.03. The van der Waals surface area contributed by atoms with Crippen molar-refractivity contribution in [3.8, 4) is 11.1 Å². The second kappa shape index (κ2) is 9.32. The number of carbonyl (C=O) groups excluding carboxylic acids is 2. The Kier molecular flexibility index (Phi) is 6.36. The van der Waals surface area contributed by atoms with E-state index in [-0.39, 0.29) is 24.9 Å². The Morgan fingerprint density at radius 1 is 0.857 bits per heavy atom. The van der Waals surface area contributed by atoms with E-state index in [0.717, 1.165) is 16.7 Å². The summed E-state index contributed by atoms with van der Waals surface area (Å²) in [5.74, 6) is 0.294. The van der Waals surface area contributed by atoms with Gasteiger partial charge in [-0.05, 0) is 41.8 Å². The topological polar surface area (TPSA) is 83.1 Å². The van der Waals surface area contributed by atoms with E-state index in [2.05, 4.69) is 20.9 Å². The number of carbonyl (C=O) groups is 2. The highest BCUT2D eigenvalue weighted by atomic mass is 16.2. The molecule has 0 aliphatic heterocycles. The highest BCUT2D eigenvalue weighted by Gasteiger charge is 2.06. The first-order chi connectivity index (χ1) is 13.6. The minimum atomic E-state index is -0.353. The van der Waals surface area contributed by atoms with Gasteiger partial charge in [-0.3, -0.25) is 4.79 Å². The maximum atomic E-state index is 12.0. The van der Waals surface area contributed by atoms with Crippen LogP contribution in [0.2, 0.25) is 0 Å². The lowest BCUT2D eigenvalue weighted by Crippen LogP contribution is -2.31.